The van der Waals surface area contributed by atoms with Gasteiger partial charge in [-0.2, -0.15) is 0 Å². The molecule has 1 rings (SSSR count). The first-order chi connectivity index (χ1) is 7.49. The standard InChI is InChI=1S/C10H18N4O2/c1-7(2)4-9-11-12-13-14(9)6-8(3)5-10(15)16/h7-8H,4-6H2,1-3H3,(H,15,16). The van der Waals surface area contributed by atoms with E-state index in [4.69, 9.17) is 5.11 Å². The number of nitrogens with zero attached hydrogens (tertiary/aromatic N) is 4. The molecule has 6 heteroatoms. The highest BCUT2D eigenvalue weighted by molar-refractivity contribution is 5.66. The lowest BCUT2D eigenvalue weighted by Gasteiger charge is -2.10. The molecule has 1 unspecified atom stereocenters. The quantitative estimate of drug-likeness (QED) is 0.782. The van der Waals surface area contributed by atoms with Gasteiger partial charge in [-0.15, -0.1) is 5.10 Å². The number of carboxylic acid groups (broad SMARTS) is 1. The third kappa shape index (κ3) is 3.96. The minimum Gasteiger partial charge on any atom is -0.481 e. The Hall–Kier alpha value is -1.46. The second kappa shape index (κ2) is 5.58. The van der Waals surface area contributed by atoms with Crippen molar-refractivity contribution in [3.05, 3.63) is 5.82 Å². The minimum atomic E-state index is -0.786. The van der Waals surface area contributed by atoms with Crippen molar-refractivity contribution in [1.82, 2.24) is 20.2 Å². The van der Waals surface area contributed by atoms with Gasteiger partial charge in [0.2, 0.25) is 0 Å². The summed E-state index contributed by atoms with van der Waals surface area (Å²) in [5, 5.41) is 20.1. The molecule has 0 aromatic carbocycles. The molecule has 0 bridgehead atoms. The predicted molar refractivity (Wildman–Crippen MR) is 57.8 cm³/mol. The normalized spacial score (nSPS) is 13.0. The smallest absolute Gasteiger partial charge is 0.303 e. The fourth-order valence-electron chi connectivity index (χ4n) is 1.53. The Balaban J connectivity index is 2.59. The number of hydrogen-bond acceptors (Lipinski definition) is 4. The van der Waals surface area contributed by atoms with E-state index in [-0.39, 0.29) is 12.3 Å². The number of hydrogen-bond donors (Lipinski definition) is 1. The fourth-order valence-corrected chi connectivity index (χ4v) is 1.53. The second-order valence-electron chi connectivity index (χ2n) is 4.58. The molecule has 90 valence electrons. The van der Waals surface area contributed by atoms with E-state index in [0.29, 0.717) is 12.5 Å². The van der Waals surface area contributed by atoms with Gasteiger partial charge in [0.05, 0.1) is 0 Å². The van der Waals surface area contributed by atoms with E-state index in [1.165, 1.54) is 0 Å². The molecule has 1 heterocycles. The van der Waals surface area contributed by atoms with Crippen molar-refractivity contribution >= 4 is 5.97 Å². The van der Waals surface area contributed by atoms with Crippen LogP contribution in [0.4, 0.5) is 0 Å². The van der Waals surface area contributed by atoms with Crippen LogP contribution in [0.3, 0.4) is 0 Å². The van der Waals surface area contributed by atoms with Gasteiger partial charge >= 0.3 is 5.97 Å². The maximum Gasteiger partial charge on any atom is 0.303 e. The number of rotatable bonds is 6. The van der Waals surface area contributed by atoms with Crippen LogP contribution in [0.2, 0.25) is 0 Å². The average molecular weight is 226 g/mol. The van der Waals surface area contributed by atoms with Gasteiger partial charge in [0.15, 0.2) is 5.82 Å². The van der Waals surface area contributed by atoms with Gasteiger partial charge in [-0.05, 0) is 22.3 Å². The van der Waals surface area contributed by atoms with Crippen molar-refractivity contribution in [2.75, 3.05) is 0 Å². The number of aliphatic carboxylic acids is 1. The molecular formula is C10H18N4O2. The number of aromatic nitrogens is 4. The van der Waals surface area contributed by atoms with Gasteiger partial charge < -0.3 is 5.11 Å². The third-order valence-electron chi connectivity index (χ3n) is 2.20. The van der Waals surface area contributed by atoms with Gasteiger partial charge in [-0.3, -0.25) is 4.79 Å². The predicted octanol–water partition coefficient (Wildman–Crippen LogP) is 0.982. The molecule has 0 fully saturated rings. The van der Waals surface area contributed by atoms with Crippen molar-refractivity contribution in [1.29, 1.82) is 0 Å². The second-order valence-corrected chi connectivity index (χ2v) is 4.58. The van der Waals surface area contributed by atoms with Crippen LogP contribution in [-0.2, 0) is 17.8 Å². The van der Waals surface area contributed by atoms with Crippen LogP contribution < -0.4 is 0 Å². The van der Waals surface area contributed by atoms with Gasteiger partial charge in [0.1, 0.15) is 0 Å². The zero-order valence-electron chi connectivity index (χ0n) is 9.92. The number of carbonyl (C=O) groups is 1. The van der Waals surface area contributed by atoms with E-state index in [2.05, 4.69) is 29.4 Å². The Kier molecular flexibility index (Phi) is 4.39. The molecule has 0 amide bonds. The molecule has 0 aliphatic rings. The summed E-state index contributed by atoms with van der Waals surface area (Å²) in [6, 6.07) is 0. The lowest BCUT2D eigenvalue weighted by molar-refractivity contribution is -0.138. The first-order valence-electron chi connectivity index (χ1n) is 5.46. The van der Waals surface area contributed by atoms with Crippen LogP contribution in [0.15, 0.2) is 0 Å². The number of tetrazole rings is 1. The van der Waals surface area contributed by atoms with Crippen LogP contribution in [0, 0.1) is 11.8 Å². The lowest BCUT2D eigenvalue weighted by atomic mass is 10.1. The van der Waals surface area contributed by atoms with Gasteiger partial charge in [-0.25, -0.2) is 4.68 Å². The largest absolute Gasteiger partial charge is 0.481 e. The topological polar surface area (TPSA) is 80.9 Å². The van der Waals surface area contributed by atoms with Crippen molar-refractivity contribution < 1.29 is 9.90 Å². The van der Waals surface area contributed by atoms with E-state index in [0.717, 1.165) is 12.2 Å². The Bertz CT molecular complexity index is 348. The van der Waals surface area contributed by atoms with E-state index < -0.39 is 5.97 Å². The number of carboxylic acids is 1. The molecule has 0 spiro atoms. The van der Waals surface area contributed by atoms with Crippen molar-refractivity contribution in [2.24, 2.45) is 11.8 Å². The summed E-state index contributed by atoms with van der Waals surface area (Å²) in [4.78, 5) is 10.5. The van der Waals surface area contributed by atoms with Crippen molar-refractivity contribution in [2.45, 2.75) is 40.2 Å². The minimum absolute atomic E-state index is 0.0342. The van der Waals surface area contributed by atoms with E-state index in [1.54, 1.807) is 4.68 Å². The van der Waals surface area contributed by atoms with Crippen LogP contribution in [-0.4, -0.2) is 31.3 Å². The van der Waals surface area contributed by atoms with Crippen LogP contribution in [0.25, 0.3) is 0 Å². The molecule has 1 aromatic heterocycles. The summed E-state index contributed by atoms with van der Waals surface area (Å²) in [6.07, 6.45) is 0.952. The highest BCUT2D eigenvalue weighted by atomic mass is 16.4. The first kappa shape index (κ1) is 12.6. The molecule has 0 saturated carbocycles. The van der Waals surface area contributed by atoms with Crippen LogP contribution >= 0.6 is 0 Å². The molecule has 6 nitrogen and oxygen atoms in total. The Labute approximate surface area is 94.7 Å². The molecule has 0 aliphatic carbocycles. The summed E-state index contributed by atoms with van der Waals surface area (Å²) in [7, 11) is 0. The molecule has 1 atom stereocenters. The molecule has 16 heavy (non-hydrogen) atoms. The van der Waals surface area contributed by atoms with E-state index >= 15 is 0 Å². The van der Waals surface area contributed by atoms with Gasteiger partial charge in [0.25, 0.3) is 0 Å². The van der Waals surface area contributed by atoms with Gasteiger partial charge in [-0.1, -0.05) is 20.8 Å². The summed E-state index contributed by atoms with van der Waals surface area (Å²) in [5.74, 6) is 0.560. The summed E-state index contributed by atoms with van der Waals surface area (Å²) in [6.45, 7) is 6.63. The molecular weight excluding hydrogens is 208 g/mol. The van der Waals surface area contributed by atoms with Crippen LogP contribution in [0.5, 0.6) is 0 Å². The third-order valence-corrected chi connectivity index (χ3v) is 2.20. The summed E-state index contributed by atoms with van der Waals surface area (Å²) in [5.41, 5.74) is 0. The SMILES string of the molecule is CC(C)Cc1nnnn1CC(C)CC(=O)O. The highest BCUT2D eigenvalue weighted by Gasteiger charge is 2.13. The molecule has 0 radical (unpaired) electrons. The monoisotopic (exact) mass is 226 g/mol. The molecule has 0 saturated heterocycles. The Morgan fingerprint density at radius 1 is 1.44 bits per heavy atom. The average Bonchev–Trinajstić information content (AvgIpc) is 2.50. The van der Waals surface area contributed by atoms with Gasteiger partial charge in [0, 0.05) is 19.4 Å². The molecule has 0 aliphatic heterocycles. The van der Waals surface area contributed by atoms with E-state index in [9.17, 15) is 4.79 Å². The summed E-state index contributed by atoms with van der Waals surface area (Å²) < 4.78 is 1.70. The van der Waals surface area contributed by atoms with Crippen molar-refractivity contribution in [3.63, 3.8) is 0 Å². The fraction of sp³-hybridized carbons (Fsp3) is 0.800. The zero-order valence-corrected chi connectivity index (χ0v) is 9.92. The van der Waals surface area contributed by atoms with Crippen molar-refractivity contribution in [3.8, 4) is 0 Å². The first-order valence-corrected chi connectivity index (χ1v) is 5.46. The summed E-state index contributed by atoms with van der Waals surface area (Å²) >= 11 is 0. The van der Waals surface area contributed by atoms with E-state index in [1.807, 2.05) is 6.92 Å². The maximum atomic E-state index is 10.5. The zero-order chi connectivity index (χ0) is 12.1. The molecule has 1 aromatic rings. The highest BCUT2D eigenvalue weighted by Crippen LogP contribution is 2.09. The Morgan fingerprint density at radius 3 is 2.69 bits per heavy atom. The lowest BCUT2D eigenvalue weighted by Crippen LogP contribution is -2.16. The van der Waals surface area contributed by atoms with Crippen LogP contribution in [0.1, 0.15) is 33.0 Å². The molecule has 1 N–H and O–H groups in total. The maximum absolute atomic E-state index is 10.5. The Morgan fingerprint density at radius 2 is 2.12 bits per heavy atom.